The van der Waals surface area contributed by atoms with Crippen LogP contribution in [0.25, 0.3) is 0 Å². The SMILES string of the molecule is Cc1ccc(Nc2c(C(=O)NOCCO)cc(C)c(=O)n2C)c(Cl)c1. The van der Waals surface area contributed by atoms with E-state index in [0.29, 0.717) is 16.3 Å². The minimum Gasteiger partial charge on any atom is -0.394 e. The first-order valence-electron chi connectivity index (χ1n) is 7.62. The van der Waals surface area contributed by atoms with Crippen molar-refractivity contribution in [2.24, 2.45) is 7.05 Å². The third kappa shape index (κ3) is 4.39. The number of carbonyl (C=O) groups excluding carboxylic acids is 1. The van der Waals surface area contributed by atoms with Crippen molar-refractivity contribution in [3.63, 3.8) is 0 Å². The van der Waals surface area contributed by atoms with E-state index in [2.05, 4.69) is 10.8 Å². The average molecular weight is 366 g/mol. The van der Waals surface area contributed by atoms with Gasteiger partial charge in [0.2, 0.25) is 0 Å². The first-order valence-corrected chi connectivity index (χ1v) is 7.99. The molecule has 25 heavy (non-hydrogen) atoms. The standard InChI is InChI=1S/C17H20ClN3O4/c1-10-4-5-14(13(18)8-10)19-15-12(16(23)20-25-7-6-22)9-11(2)17(24)21(15)3/h4-5,8-9,19,22H,6-7H2,1-3H3,(H,20,23). The molecule has 3 N–H and O–H groups in total. The molecule has 0 saturated heterocycles. The minimum absolute atomic E-state index is 0.0387. The monoisotopic (exact) mass is 365 g/mol. The van der Waals surface area contributed by atoms with Gasteiger partial charge >= 0.3 is 0 Å². The summed E-state index contributed by atoms with van der Waals surface area (Å²) in [7, 11) is 1.56. The Morgan fingerprint density at radius 3 is 2.68 bits per heavy atom. The summed E-state index contributed by atoms with van der Waals surface area (Å²) in [6, 6.07) is 6.89. The van der Waals surface area contributed by atoms with Crippen LogP contribution >= 0.6 is 11.6 Å². The molecule has 1 heterocycles. The Bertz CT molecular complexity index is 849. The summed E-state index contributed by atoms with van der Waals surface area (Å²) in [5, 5.41) is 12.2. The van der Waals surface area contributed by atoms with Crippen LogP contribution in [0.15, 0.2) is 29.1 Å². The second kappa shape index (κ2) is 8.15. The maximum Gasteiger partial charge on any atom is 0.278 e. The van der Waals surface area contributed by atoms with Crippen molar-refractivity contribution in [3.05, 3.63) is 56.3 Å². The Morgan fingerprint density at radius 1 is 1.32 bits per heavy atom. The number of nitrogens with zero attached hydrogens (tertiary/aromatic N) is 1. The van der Waals surface area contributed by atoms with Crippen molar-refractivity contribution in [2.75, 3.05) is 18.5 Å². The summed E-state index contributed by atoms with van der Waals surface area (Å²) < 4.78 is 1.34. The number of hydrogen-bond donors (Lipinski definition) is 3. The fraction of sp³-hybridized carbons (Fsp3) is 0.294. The van der Waals surface area contributed by atoms with E-state index in [1.807, 2.05) is 13.0 Å². The van der Waals surface area contributed by atoms with E-state index in [4.69, 9.17) is 21.5 Å². The number of aryl methyl sites for hydroxylation is 2. The summed E-state index contributed by atoms with van der Waals surface area (Å²) in [4.78, 5) is 29.5. The number of rotatable bonds is 6. The highest BCUT2D eigenvalue weighted by Gasteiger charge is 2.18. The molecule has 0 bridgehead atoms. The third-order valence-electron chi connectivity index (χ3n) is 3.57. The third-order valence-corrected chi connectivity index (χ3v) is 3.89. The molecule has 0 fully saturated rings. The van der Waals surface area contributed by atoms with E-state index < -0.39 is 5.91 Å². The lowest BCUT2D eigenvalue weighted by Crippen LogP contribution is -2.30. The molecule has 0 unspecified atom stereocenters. The van der Waals surface area contributed by atoms with Gasteiger partial charge < -0.3 is 10.4 Å². The van der Waals surface area contributed by atoms with Gasteiger partial charge in [-0.25, -0.2) is 5.48 Å². The maximum absolute atomic E-state index is 12.4. The predicted octanol–water partition coefficient (Wildman–Crippen LogP) is 2.05. The molecule has 0 aliphatic carbocycles. The van der Waals surface area contributed by atoms with Gasteiger partial charge in [-0.2, -0.15) is 0 Å². The number of benzene rings is 1. The van der Waals surface area contributed by atoms with Gasteiger partial charge in [0.05, 0.1) is 29.5 Å². The number of aliphatic hydroxyl groups is 1. The summed E-state index contributed by atoms with van der Waals surface area (Å²) >= 11 is 6.23. The van der Waals surface area contributed by atoms with Crippen molar-refractivity contribution in [2.45, 2.75) is 13.8 Å². The Balaban J connectivity index is 2.45. The second-order valence-corrected chi connectivity index (χ2v) is 5.97. The van der Waals surface area contributed by atoms with Gasteiger partial charge in [-0.3, -0.25) is 19.0 Å². The molecule has 8 heteroatoms. The number of nitrogens with one attached hydrogen (secondary N) is 2. The molecule has 0 radical (unpaired) electrons. The van der Waals surface area contributed by atoms with Gasteiger partial charge in [-0.05, 0) is 37.6 Å². The topological polar surface area (TPSA) is 92.6 Å². The quantitative estimate of drug-likeness (QED) is 0.538. The van der Waals surface area contributed by atoms with Crippen molar-refractivity contribution in [1.82, 2.24) is 10.0 Å². The lowest BCUT2D eigenvalue weighted by Gasteiger charge is -2.17. The minimum atomic E-state index is -0.544. The Labute approximate surface area is 150 Å². The van der Waals surface area contributed by atoms with E-state index in [0.717, 1.165) is 5.56 Å². The lowest BCUT2D eigenvalue weighted by molar-refractivity contribution is 0.0168. The van der Waals surface area contributed by atoms with Crippen LogP contribution in [0.5, 0.6) is 0 Å². The molecule has 7 nitrogen and oxygen atoms in total. The fourth-order valence-corrected chi connectivity index (χ4v) is 2.57. The lowest BCUT2D eigenvalue weighted by atomic mass is 10.1. The fourth-order valence-electron chi connectivity index (χ4n) is 2.28. The van der Waals surface area contributed by atoms with E-state index in [1.54, 1.807) is 26.1 Å². The molecule has 2 aromatic rings. The first kappa shape index (κ1) is 19.0. The summed E-state index contributed by atoms with van der Waals surface area (Å²) in [6.07, 6.45) is 0. The number of aromatic nitrogens is 1. The van der Waals surface area contributed by atoms with E-state index in [-0.39, 0.29) is 30.2 Å². The van der Waals surface area contributed by atoms with Crippen LogP contribution in [-0.2, 0) is 11.9 Å². The van der Waals surface area contributed by atoms with Crippen LogP contribution in [-0.4, -0.2) is 28.8 Å². The number of halogens is 1. The molecule has 1 amide bonds. The van der Waals surface area contributed by atoms with Crippen molar-refractivity contribution >= 4 is 29.0 Å². The highest BCUT2D eigenvalue weighted by molar-refractivity contribution is 6.33. The molecule has 2 rings (SSSR count). The van der Waals surface area contributed by atoms with Gasteiger partial charge in [0.15, 0.2) is 0 Å². The smallest absolute Gasteiger partial charge is 0.278 e. The van der Waals surface area contributed by atoms with Crippen LogP contribution in [0.3, 0.4) is 0 Å². The second-order valence-electron chi connectivity index (χ2n) is 5.57. The van der Waals surface area contributed by atoms with Crippen LogP contribution < -0.4 is 16.4 Å². The Kier molecular flexibility index (Phi) is 6.19. The van der Waals surface area contributed by atoms with Crippen molar-refractivity contribution in [1.29, 1.82) is 0 Å². The maximum atomic E-state index is 12.4. The Morgan fingerprint density at radius 2 is 2.04 bits per heavy atom. The van der Waals surface area contributed by atoms with Crippen LogP contribution in [0.4, 0.5) is 11.5 Å². The molecule has 1 aromatic carbocycles. The van der Waals surface area contributed by atoms with E-state index >= 15 is 0 Å². The number of anilines is 2. The van der Waals surface area contributed by atoms with E-state index in [1.165, 1.54) is 10.6 Å². The molecule has 0 aliphatic rings. The molecular formula is C17H20ClN3O4. The van der Waals surface area contributed by atoms with Gasteiger partial charge in [-0.1, -0.05) is 17.7 Å². The van der Waals surface area contributed by atoms with Crippen LogP contribution in [0, 0.1) is 13.8 Å². The number of carbonyl (C=O) groups is 1. The number of pyridine rings is 1. The van der Waals surface area contributed by atoms with Crippen molar-refractivity contribution < 1.29 is 14.7 Å². The largest absolute Gasteiger partial charge is 0.394 e. The number of hydrogen-bond acceptors (Lipinski definition) is 5. The normalized spacial score (nSPS) is 10.6. The summed E-state index contributed by atoms with van der Waals surface area (Å²) in [5.41, 5.74) is 4.18. The first-order chi connectivity index (χ1) is 11.8. The van der Waals surface area contributed by atoms with Crippen molar-refractivity contribution in [3.8, 4) is 0 Å². The van der Waals surface area contributed by atoms with Gasteiger partial charge in [-0.15, -0.1) is 0 Å². The average Bonchev–Trinajstić information content (AvgIpc) is 2.57. The molecule has 1 aromatic heterocycles. The zero-order valence-corrected chi connectivity index (χ0v) is 15.0. The molecule has 0 saturated carbocycles. The number of amides is 1. The van der Waals surface area contributed by atoms with Gasteiger partial charge in [0.1, 0.15) is 5.82 Å². The molecule has 0 atom stereocenters. The number of hydroxylamine groups is 1. The molecule has 0 spiro atoms. The van der Waals surface area contributed by atoms with Crippen LogP contribution in [0.1, 0.15) is 21.5 Å². The molecular weight excluding hydrogens is 346 g/mol. The summed E-state index contributed by atoms with van der Waals surface area (Å²) in [6.45, 7) is 3.27. The molecule has 0 aliphatic heterocycles. The van der Waals surface area contributed by atoms with Gasteiger partial charge in [0, 0.05) is 12.6 Å². The van der Waals surface area contributed by atoms with Crippen LogP contribution in [0.2, 0.25) is 5.02 Å². The highest BCUT2D eigenvalue weighted by atomic mass is 35.5. The van der Waals surface area contributed by atoms with E-state index in [9.17, 15) is 9.59 Å². The molecule has 134 valence electrons. The zero-order valence-electron chi connectivity index (χ0n) is 14.2. The zero-order chi connectivity index (χ0) is 18.6. The Hall–Kier alpha value is -2.35. The number of aliphatic hydroxyl groups excluding tert-OH is 1. The highest BCUT2D eigenvalue weighted by Crippen LogP contribution is 2.27. The van der Waals surface area contributed by atoms with Gasteiger partial charge in [0.25, 0.3) is 11.5 Å². The predicted molar refractivity (Wildman–Crippen MR) is 96.4 cm³/mol. The summed E-state index contributed by atoms with van der Waals surface area (Å²) in [5.74, 6) is -0.260.